The van der Waals surface area contributed by atoms with Crippen LogP contribution in [0.1, 0.15) is 13.3 Å². The first-order chi connectivity index (χ1) is 5.07. The summed E-state index contributed by atoms with van der Waals surface area (Å²) in [6.07, 6.45) is 0.555. The minimum atomic E-state index is -0.820. The number of nitrogens with two attached hydrogens (primary N) is 2. The normalized spacial score (nSPS) is 12.2. The molecule has 0 aromatic rings. The molecule has 0 bridgehead atoms. The molecule has 0 aliphatic heterocycles. The van der Waals surface area contributed by atoms with E-state index in [2.05, 4.69) is 0 Å². The van der Waals surface area contributed by atoms with Gasteiger partial charge in [-0.25, -0.2) is 4.79 Å². The lowest BCUT2D eigenvalue weighted by Crippen LogP contribution is -2.38. The highest BCUT2D eigenvalue weighted by molar-refractivity contribution is 5.94. The maximum atomic E-state index is 10.9. The van der Waals surface area contributed by atoms with Crippen molar-refractivity contribution >= 4 is 11.9 Å². The van der Waals surface area contributed by atoms with E-state index in [1.807, 2.05) is 5.32 Å². The molecule has 0 aromatic heterocycles. The highest BCUT2D eigenvalue weighted by atomic mass is 16.2. The van der Waals surface area contributed by atoms with E-state index in [1.54, 1.807) is 6.92 Å². The Balaban J connectivity index is 3.73. The molecule has 0 aliphatic carbocycles. The zero-order valence-electron chi connectivity index (χ0n) is 6.46. The van der Waals surface area contributed by atoms with E-state index < -0.39 is 6.03 Å². The van der Waals surface area contributed by atoms with Crippen LogP contribution < -0.4 is 16.8 Å². The highest BCUT2D eigenvalue weighted by Crippen LogP contribution is 1.98. The second-order valence-corrected chi connectivity index (χ2v) is 2.33. The quantitative estimate of drug-likeness (QED) is 0.501. The Morgan fingerprint density at radius 1 is 1.55 bits per heavy atom. The van der Waals surface area contributed by atoms with Crippen molar-refractivity contribution in [3.63, 3.8) is 0 Å². The number of primary amides is 1. The summed E-state index contributed by atoms with van der Waals surface area (Å²) < 4.78 is 0. The predicted molar refractivity (Wildman–Crippen MR) is 40.6 cm³/mol. The Morgan fingerprint density at radius 3 is 2.45 bits per heavy atom. The van der Waals surface area contributed by atoms with Gasteiger partial charge in [0.25, 0.3) is 0 Å². The van der Waals surface area contributed by atoms with Crippen molar-refractivity contribution in [3.05, 3.63) is 0 Å². The van der Waals surface area contributed by atoms with Gasteiger partial charge < -0.3 is 11.5 Å². The van der Waals surface area contributed by atoms with Gasteiger partial charge >= 0.3 is 6.03 Å². The van der Waals surface area contributed by atoms with Crippen molar-refractivity contribution < 1.29 is 9.59 Å². The lowest BCUT2D eigenvalue weighted by atomic mass is 10.1. The molecule has 0 aromatic carbocycles. The van der Waals surface area contributed by atoms with Crippen molar-refractivity contribution in [1.82, 2.24) is 5.32 Å². The number of imide groups is 1. The van der Waals surface area contributed by atoms with Crippen LogP contribution in [0.3, 0.4) is 0 Å². The molecule has 0 saturated carbocycles. The number of hydrogen-bond acceptors (Lipinski definition) is 3. The molecule has 0 heterocycles. The third kappa shape index (κ3) is 4.32. The molecular weight excluding hydrogens is 146 g/mol. The fourth-order valence-electron chi connectivity index (χ4n) is 0.626. The van der Waals surface area contributed by atoms with E-state index >= 15 is 0 Å². The Hall–Kier alpha value is -1.10. The lowest BCUT2D eigenvalue weighted by molar-refractivity contribution is -0.123. The Morgan fingerprint density at radius 2 is 2.09 bits per heavy atom. The summed E-state index contributed by atoms with van der Waals surface area (Å²) in [6.45, 7) is 2.11. The molecule has 0 spiro atoms. The summed E-state index contributed by atoms with van der Waals surface area (Å²) in [5.41, 5.74) is 9.93. The Labute approximate surface area is 65.1 Å². The van der Waals surface area contributed by atoms with Gasteiger partial charge in [-0.1, -0.05) is 6.92 Å². The van der Waals surface area contributed by atoms with Crippen LogP contribution in [0.15, 0.2) is 0 Å². The van der Waals surface area contributed by atoms with Gasteiger partial charge in [0, 0.05) is 5.92 Å². The molecule has 0 aliphatic rings. The maximum absolute atomic E-state index is 10.9. The number of carbonyl (C=O) groups is 2. The first-order valence-corrected chi connectivity index (χ1v) is 3.38. The van der Waals surface area contributed by atoms with E-state index in [0.29, 0.717) is 13.0 Å². The molecule has 1 atom stereocenters. The van der Waals surface area contributed by atoms with Crippen molar-refractivity contribution in [1.29, 1.82) is 0 Å². The first-order valence-electron chi connectivity index (χ1n) is 3.38. The zero-order chi connectivity index (χ0) is 8.85. The van der Waals surface area contributed by atoms with Crippen LogP contribution in [0.4, 0.5) is 4.79 Å². The molecule has 1 unspecified atom stereocenters. The van der Waals surface area contributed by atoms with Crippen molar-refractivity contribution in [2.45, 2.75) is 13.3 Å². The summed E-state index contributed by atoms with van der Waals surface area (Å²) >= 11 is 0. The van der Waals surface area contributed by atoms with Crippen LogP contribution in [-0.4, -0.2) is 18.5 Å². The molecule has 0 rings (SSSR count). The first kappa shape index (κ1) is 9.90. The molecular formula is C6H13N3O2. The largest absolute Gasteiger partial charge is 0.351 e. The van der Waals surface area contributed by atoms with Gasteiger partial charge in [-0.05, 0) is 13.0 Å². The second-order valence-electron chi connectivity index (χ2n) is 2.33. The third-order valence-corrected chi connectivity index (χ3v) is 1.29. The summed E-state index contributed by atoms with van der Waals surface area (Å²) in [7, 11) is 0. The fraction of sp³-hybridized carbons (Fsp3) is 0.667. The topological polar surface area (TPSA) is 98.2 Å². The number of urea groups is 1. The van der Waals surface area contributed by atoms with Crippen LogP contribution in [0.25, 0.3) is 0 Å². The molecule has 5 nitrogen and oxygen atoms in total. The second kappa shape index (κ2) is 4.68. The third-order valence-electron chi connectivity index (χ3n) is 1.29. The van der Waals surface area contributed by atoms with Crippen molar-refractivity contribution in [2.75, 3.05) is 6.54 Å². The Bertz CT molecular complexity index is 158. The van der Waals surface area contributed by atoms with Gasteiger partial charge in [0.2, 0.25) is 5.91 Å². The standard InChI is InChI=1S/C6H13N3O2/c1-4(2-3-7)5(10)9-6(8)11/h4H,2-3,7H2,1H3,(H3,8,9,10,11). The van der Waals surface area contributed by atoms with Crippen molar-refractivity contribution in [2.24, 2.45) is 17.4 Å². The summed E-state index contributed by atoms with van der Waals surface area (Å²) in [6, 6.07) is -0.820. The molecule has 11 heavy (non-hydrogen) atoms. The predicted octanol–water partition coefficient (Wildman–Crippen LogP) is -0.834. The maximum Gasteiger partial charge on any atom is 0.318 e. The summed E-state index contributed by atoms with van der Waals surface area (Å²) in [5, 5.41) is 1.97. The number of hydrogen-bond donors (Lipinski definition) is 3. The molecule has 0 fully saturated rings. The molecule has 5 N–H and O–H groups in total. The number of nitrogens with one attached hydrogen (secondary N) is 1. The van der Waals surface area contributed by atoms with Crippen LogP contribution in [-0.2, 0) is 4.79 Å². The zero-order valence-corrected chi connectivity index (χ0v) is 6.46. The van der Waals surface area contributed by atoms with Gasteiger partial charge in [-0.2, -0.15) is 0 Å². The fourth-order valence-corrected chi connectivity index (χ4v) is 0.626. The van der Waals surface area contributed by atoms with Crippen LogP contribution >= 0.6 is 0 Å². The average Bonchev–Trinajstić information content (AvgIpc) is 1.86. The van der Waals surface area contributed by atoms with Crippen LogP contribution in [0.5, 0.6) is 0 Å². The number of carbonyl (C=O) groups excluding carboxylic acids is 2. The SMILES string of the molecule is CC(CCN)C(=O)NC(N)=O. The summed E-state index contributed by atoms with van der Waals surface area (Å²) in [4.78, 5) is 21.1. The minimum absolute atomic E-state index is 0.257. The number of amides is 3. The van der Waals surface area contributed by atoms with Crippen LogP contribution in [0, 0.1) is 5.92 Å². The van der Waals surface area contributed by atoms with E-state index in [9.17, 15) is 9.59 Å². The smallest absolute Gasteiger partial charge is 0.318 e. The van der Waals surface area contributed by atoms with Crippen LogP contribution in [0.2, 0.25) is 0 Å². The lowest BCUT2D eigenvalue weighted by Gasteiger charge is -2.07. The van der Waals surface area contributed by atoms with Crippen molar-refractivity contribution in [3.8, 4) is 0 Å². The molecule has 64 valence electrons. The van der Waals surface area contributed by atoms with Gasteiger partial charge in [-0.15, -0.1) is 0 Å². The van der Waals surface area contributed by atoms with E-state index in [0.717, 1.165) is 0 Å². The van der Waals surface area contributed by atoms with E-state index in [1.165, 1.54) is 0 Å². The molecule has 3 amide bonds. The Kier molecular flexibility index (Phi) is 4.21. The molecule has 0 radical (unpaired) electrons. The van der Waals surface area contributed by atoms with Gasteiger partial charge in [-0.3, -0.25) is 10.1 Å². The van der Waals surface area contributed by atoms with E-state index in [4.69, 9.17) is 11.5 Å². The average molecular weight is 159 g/mol. The molecule has 5 heteroatoms. The highest BCUT2D eigenvalue weighted by Gasteiger charge is 2.12. The molecule has 0 saturated heterocycles. The van der Waals surface area contributed by atoms with E-state index in [-0.39, 0.29) is 11.8 Å². The monoisotopic (exact) mass is 159 g/mol. The van der Waals surface area contributed by atoms with Gasteiger partial charge in [0.05, 0.1) is 0 Å². The number of rotatable bonds is 3. The summed E-state index contributed by atoms with van der Waals surface area (Å²) in [5.74, 6) is -0.629. The van der Waals surface area contributed by atoms with Gasteiger partial charge in [0.15, 0.2) is 0 Å². The minimum Gasteiger partial charge on any atom is -0.351 e. The van der Waals surface area contributed by atoms with Gasteiger partial charge in [0.1, 0.15) is 0 Å².